The van der Waals surface area contributed by atoms with Gasteiger partial charge >= 0.3 is 0 Å². The largest absolute Gasteiger partial charge is 0.494 e. The van der Waals surface area contributed by atoms with Gasteiger partial charge in [0.25, 0.3) is 0 Å². The maximum absolute atomic E-state index is 12.7. The van der Waals surface area contributed by atoms with Gasteiger partial charge in [0.15, 0.2) is 0 Å². The topological polar surface area (TPSA) is 58.6 Å². The van der Waals surface area contributed by atoms with Crippen molar-refractivity contribution in [1.29, 1.82) is 0 Å². The van der Waals surface area contributed by atoms with Crippen LogP contribution in [0.2, 0.25) is 0 Å². The fourth-order valence-corrected chi connectivity index (χ4v) is 4.12. The Morgan fingerprint density at radius 2 is 1.83 bits per heavy atom. The van der Waals surface area contributed by atoms with Gasteiger partial charge in [-0.05, 0) is 56.5 Å². The molecule has 0 unspecified atom stereocenters. The van der Waals surface area contributed by atoms with Gasteiger partial charge in [0.2, 0.25) is 10.0 Å². The standard InChI is InChI=1S/C17H28N2O3S/c1-14(2)10-13-22-16-4-6-17(7-5-16)23(20,21)19-11-8-15(18-3)9-12-19/h4-7,14-15,18H,8-13H2,1-3H3. The van der Waals surface area contributed by atoms with Gasteiger partial charge in [-0.1, -0.05) is 13.8 Å². The molecule has 23 heavy (non-hydrogen) atoms. The number of nitrogens with one attached hydrogen (secondary N) is 1. The van der Waals surface area contributed by atoms with Crippen LogP contribution >= 0.6 is 0 Å². The lowest BCUT2D eigenvalue weighted by Gasteiger charge is -2.31. The molecule has 1 N–H and O–H groups in total. The summed E-state index contributed by atoms with van der Waals surface area (Å²) in [6.07, 6.45) is 2.69. The maximum Gasteiger partial charge on any atom is 0.243 e. The van der Waals surface area contributed by atoms with E-state index in [-0.39, 0.29) is 0 Å². The van der Waals surface area contributed by atoms with E-state index in [9.17, 15) is 8.42 Å². The molecule has 0 radical (unpaired) electrons. The van der Waals surface area contributed by atoms with Gasteiger partial charge in [-0.15, -0.1) is 0 Å². The fraction of sp³-hybridized carbons (Fsp3) is 0.647. The quantitative estimate of drug-likeness (QED) is 0.828. The molecule has 0 aliphatic carbocycles. The highest BCUT2D eigenvalue weighted by molar-refractivity contribution is 7.89. The maximum atomic E-state index is 12.7. The molecular formula is C17H28N2O3S. The third-order valence-electron chi connectivity index (χ3n) is 4.29. The van der Waals surface area contributed by atoms with E-state index < -0.39 is 10.0 Å². The average Bonchev–Trinajstić information content (AvgIpc) is 2.55. The predicted molar refractivity (Wildman–Crippen MR) is 92.2 cm³/mol. The first-order valence-electron chi connectivity index (χ1n) is 8.33. The minimum Gasteiger partial charge on any atom is -0.494 e. The van der Waals surface area contributed by atoms with Crippen LogP contribution in [0, 0.1) is 5.92 Å². The zero-order chi connectivity index (χ0) is 16.9. The van der Waals surface area contributed by atoms with Crippen molar-refractivity contribution in [2.24, 2.45) is 5.92 Å². The summed E-state index contributed by atoms with van der Waals surface area (Å²) in [5.41, 5.74) is 0. The Morgan fingerprint density at radius 1 is 1.22 bits per heavy atom. The lowest BCUT2D eigenvalue weighted by Crippen LogP contribution is -2.43. The van der Waals surface area contributed by atoms with E-state index in [0.717, 1.165) is 25.0 Å². The van der Waals surface area contributed by atoms with E-state index in [1.54, 1.807) is 28.6 Å². The minimum absolute atomic E-state index is 0.344. The molecule has 5 nitrogen and oxygen atoms in total. The van der Waals surface area contributed by atoms with Crippen LogP contribution in [0.1, 0.15) is 33.1 Å². The van der Waals surface area contributed by atoms with Crippen molar-refractivity contribution >= 4 is 10.0 Å². The Morgan fingerprint density at radius 3 is 2.35 bits per heavy atom. The SMILES string of the molecule is CNC1CCN(S(=O)(=O)c2ccc(OCCC(C)C)cc2)CC1. The first kappa shape index (κ1) is 18.2. The van der Waals surface area contributed by atoms with Crippen LogP contribution in [-0.2, 0) is 10.0 Å². The van der Waals surface area contributed by atoms with E-state index in [1.807, 2.05) is 7.05 Å². The first-order valence-corrected chi connectivity index (χ1v) is 9.77. The van der Waals surface area contributed by atoms with Crippen LogP contribution in [0.4, 0.5) is 0 Å². The molecule has 1 aliphatic heterocycles. The molecule has 0 saturated carbocycles. The number of sulfonamides is 1. The Balaban J connectivity index is 1.97. The monoisotopic (exact) mass is 340 g/mol. The Bertz CT molecular complexity index is 576. The number of ether oxygens (including phenoxy) is 1. The molecule has 0 bridgehead atoms. The highest BCUT2D eigenvalue weighted by Gasteiger charge is 2.28. The van der Waals surface area contributed by atoms with Crippen LogP contribution in [0.25, 0.3) is 0 Å². The van der Waals surface area contributed by atoms with Crippen LogP contribution < -0.4 is 10.1 Å². The number of piperidine rings is 1. The molecule has 1 heterocycles. The van der Waals surface area contributed by atoms with Gasteiger partial charge in [-0.3, -0.25) is 0 Å². The minimum atomic E-state index is -3.39. The molecule has 1 saturated heterocycles. The predicted octanol–water partition coefficient (Wildman–Crippen LogP) is 2.48. The zero-order valence-corrected chi connectivity index (χ0v) is 15.1. The smallest absolute Gasteiger partial charge is 0.243 e. The summed E-state index contributed by atoms with van der Waals surface area (Å²) in [4.78, 5) is 0.344. The molecular weight excluding hydrogens is 312 g/mol. The van der Waals surface area contributed by atoms with Crippen LogP contribution in [0.15, 0.2) is 29.2 Å². The second-order valence-electron chi connectivity index (χ2n) is 6.47. The molecule has 0 spiro atoms. The van der Waals surface area contributed by atoms with Crippen molar-refractivity contribution in [3.8, 4) is 5.75 Å². The molecule has 2 rings (SSSR count). The lowest BCUT2D eigenvalue weighted by molar-refractivity contribution is 0.289. The van der Waals surface area contributed by atoms with Crippen LogP contribution in [0.3, 0.4) is 0 Å². The summed E-state index contributed by atoms with van der Waals surface area (Å²) in [5, 5.41) is 3.21. The summed E-state index contributed by atoms with van der Waals surface area (Å²) in [7, 11) is -1.47. The fourth-order valence-electron chi connectivity index (χ4n) is 2.65. The van der Waals surface area contributed by atoms with E-state index in [4.69, 9.17) is 4.74 Å². The summed E-state index contributed by atoms with van der Waals surface area (Å²) >= 11 is 0. The molecule has 0 amide bonds. The molecule has 1 aliphatic rings. The van der Waals surface area contributed by atoms with Gasteiger partial charge in [0, 0.05) is 19.1 Å². The second kappa shape index (κ2) is 8.13. The Hall–Kier alpha value is -1.11. The Labute approximate surface area is 140 Å². The first-order chi connectivity index (χ1) is 10.9. The summed E-state index contributed by atoms with van der Waals surface area (Å²) in [5.74, 6) is 1.31. The Kier molecular flexibility index (Phi) is 6.44. The van der Waals surface area contributed by atoms with Crippen LogP contribution in [-0.4, -0.2) is 45.5 Å². The molecule has 1 aromatic carbocycles. The molecule has 6 heteroatoms. The zero-order valence-electron chi connectivity index (χ0n) is 14.3. The number of hydrogen-bond acceptors (Lipinski definition) is 4. The molecule has 1 aromatic rings. The number of nitrogens with zero attached hydrogens (tertiary/aromatic N) is 1. The lowest BCUT2D eigenvalue weighted by atomic mass is 10.1. The number of hydrogen-bond donors (Lipinski definition) is 1. The van der Waals surface area contributed by atoms with E-state index in [2.05, 4.69) is 19.2 Å². The van der Waals surface area contributed by atoms with Gasteiger partial charge in [-0.25, -0.2) is 8.42 Å². The highest BCUT2D eigenvalue weighted by atomic mass is 32.2. The second-order valence-corrected chi connectivity index (χ2v) is 8.41. The molecule has 1 fully saturated rings. The van der Waals surface area contributed by atoms with E-state index in [1.165, 1.54) is 0 Å². The van der Waals surface area contributed by atoms with Gasteiger partial charge in [0.05, 0.1) is 11.5 Å². The summed E-state index contributed by atoms with van der Waals surface area (Å²) in [6, 6.07) is 7.19. The van der Waals surface area contributed by atoms with Gasteiger partial charge < -0.3 is 10.1 Å². The molecule has 0 atom stereocenters. The molecule has 130 valence electrons. The van der Waals surface area contributed by atoms with Crippen molar-refractivity contribution in [3.63, 3.8) is 0 Å². The van der Waals surface area contributed by atoms with Gasteiger partial charge in [-0.2, -0.15) is 4.31 Å². The third-order valence-corrected chi connectivity index (χ3v) is 6.20. The van der Waals surface area contributed by atoms with Gasteiger partial charge in [0.1, 0.15) is 5.75 Å². The number of rotatable bonds is 7. The van der Waals surface area contributed by atoms with Crippen LogP contribution in [0.5, 0.6) is 5.75 Å². The van der Waals surface area contributed by atoms with Crippen molar-refractivity contribution in [2.75, 3.05) is 26.7 Å². The van der Waals surface area contributed by atoms with Crippen molar-refractivity contribution in [1.82, 2.24) is 9.62 Å². The van der Waals surface area contributed by atoms with Crippen molar-refractivity contribution < 1.29 is 13.2 Å². The highest BCUT2D eigenvalue weighted by Crippen LogP contribution is 2.23. The molecule has 0 aromatic heterocycles. The van der Waals surface area contributed by atoms with Crippen molar-refractivity contribution in [3.05, 3.63) is 24.3 Å². The average molecular weight is 340 g/mol. The third kappa shape index (κ3) is 4.93. The van der Waals surface area contributed by atoms with E-state index >= 15 is 0 Å². The summed E-state index contributed by atoms with van der Waals surface area (Å²) in [6.45, 7) is 6.09. The van der Waals surface area contributed by atoms with Crippen molar-refractivity contribution in [2.45, 2.75) is 44.0 Å². The number of benzene rings is 1. The summed E-state index contributed by atoms with van der Waals surface area (Å²) < 4.78 is 32.5. The normalized spacial score (nSPS) is 17.6. The van der Waals surface area contributed by atoms with E-state index in [0.29, 0.717) is 36.6 Å².